The van der Waals surface area contributed by atoms with Gasteiger partial charge in [-0.3, -0.25) is 5.10 Å². The average molecular weight is 340 g/mol. The topological polar surface area (TPSA) is 104 Å². The molecule has 0 atom stereocenters. The molecule has 1 aliphatic heterocycles. The van der Waals surface area contributed by atoms with Gasteiger partial charge in [-0.2, -0.15) is 13.5 Å². The predicted octanol–water partition coefficient (Wildman–Crippen LogP) is 1.37. The first kappa shape index (κ1) is 14.5. The van der Waals surface area contributed by atoms with Crippen LogP contribution in [0.4, 0.5) is 0 Å². The molecule has 9 heteroatoms. The molecule has 0 bridgehead atoms. The van der Waals surface area contributed by atoms with E-state index in [1.165, 1.54) is 11.1 Å². The Labute approximate surface area is 137 Å². The smallest absolute Gasteiger partial charge is 0.258 e. The van der Waals surface area contributed by atoms with E-state index in [1.807, 2.05) is 18.2 Å². The van der Waals surface area contributed by atoms with Crippen molar-refractivity contribution in [3.63, 3.8) is 0 Å². The minimum absolute atomic E-state index is 0.200. The Morgan fingerprint density at radius 2 is 2.04 bits per heavy atom. The van der Waals surface area contributed by atoms with Crippen molar-refractivity contribution >= 4 is 33.1 Å². The number of nitrogens with one attached hydrogen (secondary N) is 1. The summed E-state index contributed by atoms with van der Waals surface area (Å²) >= 11 is 0. The summed E-state index contributed by atoms with van der Waals surface area (Å²) in [7, 11) is -2.00. The molecular weight excluding hydrogens is 328 g/mol. The quantitative estimate of drug-likeness (QED) is 0.560. The van der Waals surface area contributed by atoms with Crippen molar-refractivity contribution in [1.82, 2.24) is 20.4 Å². The number of benzene rings is 2. The predicted molar refractivity (Wildman–Crippen MR) is 89.4 cm³/mol. The molecule has 0 unspecified atom stereocenters. The summed E-state index contributed by atoms with van der Waals surface area (Å²) < 4.78 is 28.0. The molecule has 1 aromatic heterocycles. The molecule has 0 saturated heterocycles. The van der Waals surface area contributed by atoms with Crippen molar-refractivity contribution in [3.05, 3.63) is 53.6 Å². The largest absolute Gasteiger partial charge is 0.285 e. The van der Waals surface area contributed by atoms with E-state index < -0.39 is 10.0 Å². The zero-order chi connectivity index (χ0) is 16.7. The highest BCUT2D eigenvalue weighted by molar-refractivity contribution is 7.90. The first-order valence-corrected chi connectivity index (χ1v) is 8.51. The number of amidine groups is 1. The van der Waals surface area contributed by atoms with Crippen LogP contribution in [-0.4, -0.2) is 47.9 Å². The molecule has 1 aliphatic rings. The molecule has 120 valence electrons. The first-order valence-electron chi connectivity index (χ1n) is 7.07. The van der Waals surface area contributed by atoms with Gasteiger partial charge in [-0.05, 0) is 29.8 Å². The van der Waals surface area contributed by atoms with Gasteiger partial charge in [0.05, 0.1) is 11.7 Å². The van der Waals surface area contributed by atoms with Gasteiger partial charge >= 0.3 is 0 Å². The second-order valence-electron chi connectivity index (χ2n) is 5.24. The van der Waals surface area contributed by atoms with E-state index in [1.54, 1.807) is 31.5 Å². The Hall–Kier alpha value is -3.07. The lowest BCUT2D eigenvalue weighted by atomic mass is 10.2. The number of aromatic amines is 1. The molecule has 0 spiro atoms. The summed E-state index contributed by atoms with van der Waals surface area (Å²) in [6.45, 7) is 0. The summed E-state index contributed by atoms with van der Waals surface area (Å²) in [5.74, 6) is 0.296. The van der Waals surface area contributed by atoms with Crippen LogP contribution in [0.25, 0.3) is 11.0 Å². The molecule has 2 aromatic carbocycles. The maximum Gasteiger partial charge on any atom is 0.285 e. The fourth-order valence-electron chi connectivity index (χ4n) is 2.47. The van der Waals surface area contributed by atoms with Crippen molar-refractivity contribution in [2.75, 3.05) is 7.05 Å². The van der Waals surface area contributed by atoms with Crippen molar-refractivity contribution < 1.29 is 8.42 Å². The molecule has 8 nitrogen and oxygen atoms in total. The molecule has 0 fully saturated rings. The van der Waals surface area contributed by atoms with Crippen molar-refractivity contribution in [2.24, 2.45) is 9.50 Å². The van der Waals surface area contributed by atoms with Gasteiger partial charge in [-0.15, -0.1) is 9.50 Å². The number of fused-ring (bicyclic) bond motifs is 2. The lowest BCUT2D eigenvalue weighted by Crippen LogP contribution is -2.21. The van der Waals surface area contributed by atoms with Gasteiger partial charge in [-0.1, -0.05) is 23.4 Å². The molecular formula is C15H12N6O2S. The van der Waals surface area contributed by atoms with Crippen molar-refractivity contribution in [2.45, 2.75) is 4.90 Å². The standard InChI is InChI=1S/C15H12N6O2S/c1-21(15-11-4-2-3-5-14(11)24(22,23)19-15)16-9-10-6-7-12-13(8-10)18-20-17-12/h2-9H,1H3,(H,17,18,20)/b16-9+. The van der Waals surface area contributed by atoms with Gasteiger partial charge in [0.25, 0.3) is 10.0 Å². The Morgan fingerprint density at radius 1 is 1.21 bits per heavy atom. The Bertz CT molecular complexity index is 1100. The molecule has 3 aromatic rings. The molecule has 0 amide bonds. The monoisotopic (exact) mass is 340 g/mol. The summed E-state index contributed by atoms with van der Waals surface area (Å²) in [6, 6.07) is 12.2. The van der Waals surface area contributed by atoms with Gasteiger partial charge in [0.1, 0.15) is 10.4 Å². The van der Waals surface area contributed by atoms with Crippen LogP contribution < -0.4 is 0 Å². The van der Waals surface area contributed by atoms with Crippen LogP contribution in [0.1, 0.15) is 11.1 Å². The third-order valence-corrected chi connectivity index (χ3v) is 4.97. The number of rotatable bonds is 2. The maximum atomic E-state index is 12.1. The van der Waals surface area contributed by atoms with E-state index in [4.69, 9.17) is 0 Å². The fraction of sp³-hybridized carbons (Fsp3) is 0.0667. The Kier molecular flexibility index (Phi) is 3.17. The SMILES string of the molecule is CN(/N=C/c1ccc2[nH]nnc2c1)C1=NS(=O)(=O)c2ccccc21. The molecule has 4 rings (SSSR count). The van der Waals surface area contributed by atoms with Crippen LogP contribution >= 0.6 is 0 Å². The van der Waals surface area contributed by atoms with Crippen LogP contribution in [-0.2, 0) is 10.0 Å². The zero-order valence-corrected chi connectivity index (χ0v) is 13.4. The number of hydrogen-bond acceptors (Lipinski definition) is 6. The Balaban J connectivity index is 1.66. The van der Waals surface area contributed by atoms with Gasteiger partial charge in [0.15, 0.2) is 5.84 Å². The van der Waals surface area contributed by atoms with Crippen molar-refractivity contribution in [3.8, 4) is 0 Å². The fourth-order valence-corrected chi connectivity index (χ4v) is 3.70. The number of hydrogen-bond donors (Lipinski definition) is 1. The maximum absolute atomic E-state index is 12.1. The number of aromatic nitrogens is 3. The highest BCUT2D eigenvalue weighted by Gasteiger charge is 2.30. The highest BCUT2D eigenvalue weighted by atomic mass is 32.2. The van der Waals surface area contributed by atoms with E-state index in [0.29, 0.717) is 11.4 Å². The van der Waals surface area contributed by atoms with Crippen LogP contribution in [0.3, 0.4) is 0 Å². The van der Waals surface area contributed by atoms with Crippen LogP contribution in [0.15, 0.2) is 56.9 Å². The molecule has 0 saturated carbocycles. The molecule has 0 radical (unpaired) electrons. The summed E-state index contributed by atoms with van der Waals surface area (Å²) in [4.78, 5) is 0.200. The molecule has 24 heavy (non-hydrogen) atoms. The van der Waals surface area contributed by atoms with Gasteiger partial charge in [-0.25, -0.2) is 5.01 Å². The van der Waals surface area contributed by atoms with Crippen LogP contribution in [0.2, 0.25) is 0 Å². The third kappa shape index (κ3) is 2.35. The lowest BCUT2D eigenvalue weighted by Gasteiger charge is -2.12. The summed E-state index contributed by atoms with van der Waals surface area (Å²) in [5, 5.41) is 16.2. The van der Waals surface area contributed by atoms with E-state index in [0.717, 1.165) is 16.6 Å². The normalized spacial score (nSPS) is 15.6. The molecule has 2 heterocycles. The van der Waals surface area contributed by atoms with Crippen molar-refractivity contribution in [1.29, 1.82) is 0 Å². The minimum atomic E-state index is -3.65. The second kappa shape index (κ2) is 5.24. The van der Waals surface area contributed by atoms with Gasteiger partial charge < -0.3 is 0 Å². The third-order valence-electron chi connectivity index (χ3n) is 3.65. The number of nitrogens with zero attached hydrogens (tertiary/aromatic N) is 5. The number of hydrazone groups is 1. The van der Waals surface area contributed by atoms with Crippen LogP contribution in [0.5, 0.6) is 0 Å². The molecule has 1 N–H and O–H groups in total. The summed E-state index contributed by atoms with van der Waals surface area (Å²) in [5.41, 5.74) is 2.93. The average Bonchev–Trinajstić information content (AvgIpc) is 3.15. The molecule has 0 aliphatic carbocycles. The van der Waals surface area contributed by atoms with E-state index in [9.17, 15) is 8.42 Å². The zero-order valence-electron chi connectivity index (χ0n) is 12.6. The Morgan fingerprint density at radius 3 is 2.92 bits per heavy atom. The number of sulfonamides is 1. The minimum Gasteiger partial charge on any atom is -0.258 e. The van der Waals surface area contributed by atoms with Gasteiger partial charge in [0.2, 0.25) is 0 Å². The summed E-state index contributed by atoms with van der Waals surface area (Å²) in [6.07, 6.45) is 1.62. The van der Waals surface area contributed by atoms with E-state index in [2.05, 4.69) is 24.9 Å². The second-order valence-corrected chi connectivity index (χ2v) is 6.82. The van der Waals surface area contributed by atoms with E-state index >= 15 is 0 Å². The first-order chi connectivity index (χ1) is 11.5. The van der Waals surface area contributed by atoms with Gasteiger partial charge in [0, 0.05) is 12.6 Å². The number of H-pyrrole nitrogens is 1. The van der Waals surface area contributed by atoms with Crippen LogP contribution in [0, 0.1) is 0 Å². The highest BCUT2D eigenvalue weighted by Crippen LogP contribution is 2.26. The lowest BCUT2D eigenvalue weighted by molar-refractivity contribution is 0.549. The van der Waals surface area contributed by atoms with E-state index in [-0.39, 0.29) is 4.90 Å².